The van der Waals surface area contributed by atoms with Gasteiger partial charge >= 0.3 is 0 Å². The lowest BCUT2D eigenvalue weighted by atomic mass is 10.3. The Morgan fingerprint density at radius 3 is 2.54 bits per heavy atom. The molecule has 0 amide bonds. The van der Waals surface area contributed by atoms with E-state index in [1.54, 1.807) is 11.8 Å². The number of anilines is 2. The fraction of sp³-hybridized carbons (Fsp3) is 0.368. The maximum Gasteiger partial charge on any atom is 0.120 e. The summed E-state index contributed by atoms with van der Waals surface area (Å²) >= 11 is 1.66. The molecule has 2 aromatic rings. The van der Waals surface area contributed by atoms with Gasteiger partial charge in [0.05, 0.1) is 11.4 Å². The summed E-state index contributed by atoms with van der Waals surface area (Å²) in [5.41, 5.74) is 12.9. The van der Waals surface area contributed by atoms with Gasteiger partial charge in [-0.3, -0.25) is 4.90 Å². The number of nitrogens with two attached hydrogens (primary N) is 2. The summed E-state index contributed by atoms with van der Waals surface area (Å²) in [6, 6.07) is 13.9. The molecule has 4 N–H and O–H groups in total. The van der Waals surface area contributed by atoms with Gasteiger partial charge in [0.15, 0.2) is 0 Å². The second kappa shape index (κ2) is 7.81. The summed E-state index contributed by atoms with van der Waals surface area (Å²) in [4.78, 5) is 4.68. The molecule has 3 rings (SSSR count). The molecule has 0 aromatic heterocycles. The molecule has 0 spiro atoms. The van der Waals surface area contributed by atoms with Crippen molar-refractivity contribution in [2.24, 2.45) is 0 Å². The first-order valence-electron chi connectivity index (χ1n) is 8.42. The fourth-order valence-corrected chi connectivity index (χ4v) is 3.88. The number of likely N-dealkylation sites (tertiary alicyclic amines) is 1. The normalized spacial score (nSPS) is 16.2. The molecule has 5 heteroatoms. The first-order chi connectivity index (χ1) is 11.6. The molecule has 2 aromatic carbocycles. The van der Waals surface area contributed by atoms with E-state index < -0.39 is 0 Å². The highest BCUT2D eigenvalue weighted by molar-refractivity contribution is 7.99. The zero-order valence-corrected chi connectivity index (χ0v) is 14.9. The lowest BCUT2D eigenvalue weighted by Gasteiger charge is -2.21. The SMILES string of the molecule is CC(CN1CCCC1)Oc1cccc(Sc2ccc(N)c(N)c2)c1. The highest BCUT2D eigenvalue weighted by atomic mass is 32.2. The van der Waals surface area contributed by atoms with Crippen LogP contribution in [0, 0.1) is 0 Å². The minimum Gasteiger partial charge on any atom is -0.489 e. The van der Waals surface area contributed by atoms with Crippen LogP contribution in [0.15, 0.2) is 52.3 Å². The lowest BCUT2D eigenvalue weighted by Crippen LogP contribution is -2.31. The van der Waals surface area contributed by atoms with Crippen molar-refractivity contribution in [2.45, 2.75) is 35.7 Å². The standard InChI is InChI=1S/C19H25N3OS/c1-14(13-22-9-2-3-10-22)23-15-5-4-6-16(11-15)24-17-7-8-18(20)19(21)12-17/h4-8,11-12,14H,2-3,9-10,13,20-21H2,1H3. The predicted molar refractivity (Wildman–Crippen MR) is 102 cm³/mol. The summed E-state index contributed by atoms with van der Waals surface area (Å²) in [5.74, 6) is 0.912. The van der Waals surface area contributed by atoms with Crippen molar-refractivity contribution in [2.75, 3.05) is 31.1 Å². The van der Waals surface area contributed by atoms with Crippen molar-refractivity contribution in [3.63, 3.8) is 0 Å². The topological polar surface area (TPSA) is 64.5 Å². The summed E-state index contributed by atoms with van der Waals surface area (Å²) < 4.78 is 6.10. The molecule has 1 atom stereocenters. The highest BCUT2D eigenvalue weighted by Crippen LogP contribution is 2.32. The Morgan fingerprint density at radius 1 is 1.04 bits per heavy atom. The molecule has 1 saturated heterocycles. The molecular weight excluding hydrogens is 318 g/mol. The first kappa shape index (κ1) is 17.0. The van der Waals surface area contributed by atoms with Crippen LogP contribution in [-0.4, -0.2) is 30.6 Å². The van der Waals surface area contributed by atoms with Gasteiger partial charge in [-0.25, -0.2) is 0 Å². The van der Waals surface area contributed by atoms with Crippen LogP contribution >= 0.6 is 11.8 Å². The Hall–Kier alpha value is -1.85. The minimum absolute atomic E-state index is 0.190. The molecule has 1 fully saturated rings. The summed E-state index contributed by atoms with van der Waals surface area (Å²) in [6.07, 6.45) is 2.81. The van der Waals surface area contributed by atoms with E-state index in [4.69, 9.17) is 16.2 Å². The molecule has 1 unspecified atom stereocenters. The van der Waals surface area contributed by atoms with Gasteiger partial charge in [0.1, 0.15) is 11.9 Å². The summed E-state index contributed by atoms with van der Waals surface area (Å²) in [7, 11) is 0. The molecule has 128 valence electrons. The first-order valence-corrected chi connectivity index (χ1v) is 9.24. The second-order valence-electron chi connectivity index (χ2n) is 6.30. The van der Waals surface area contributed by atoms with Crippen molar-refractivity contribution < 1.29 is 4.74 Å². The quantitative estimate of drug-likeness (QED) is 0.780. The number of hydrogen-bond acceptors (Lipinski definition) is 5. The second-order valence-corrected chi connectivity index (χ2v) is 7.45. The van der Waals surface area contributed by atoms with Gasteiger partial charge in [-0.1, -0.05) is 17.8 Å². The number of nitrogens with zero attached hydrogens (tertiary/aromatic N) is 1. The van der Waals surface area contributed by atoms with Crippen molar-refractivity contribution >= 4 is 23.1 Å². The van der Waals surface area contributed by atoms with E-state index in [0.29, 0.717) is 11.4 Å². The molecule has 0 aliphatic carbocycles. The highest BCUT2D eigenvalue weighted by Gasteiger charge is 2.15. The number of nitrogen functional groups attached to an aromatic ring is 2. The van der Waals surface area contributed by atoms with Gasteiger partial charge in [-0.2, -0.15) is 0 Å². The van der Waals surface area contributed by atoms with Gasteiger partial charge in [0, 0.05) is 16.3 Å². The van der Waals surface area contributed by atoms with Crippen molar-refractivity contribution in [3.8, 4) is 5.75 Å². The summed E-state index contributed by atoms with van der Waals surface area (Å²) in [5, 5.41) is 0. The average Bonchev–Trinajstić information content (AvgIpc) is 3.04. The third-order valence-corrected chi connectivity index (χ3v) is 5.13. The van der Waals surface area contributed by atoms with Crippen LogP contribution in [0.2, 0.25) is 0 Å². The Bertz CT molecular complexity index is 686. The Balaban J connectivity index is 1.61. The predicted octanol–water partition coefficient (Wildman–Crippen LogP) is 3.87. The summed E-state index contributed by atoms with van der Waals surface area (Å²) in [6.45, 7) is 5.52. The Kier molecular flexibility index (Phi) is 5.53. The monoisotopic (exact) mass is 343 g/mol. The third-order valence-electron chi connectivity index (χ3n) is 4.15. The molecule has 0 bridgehead atoms. The Labute approximate surface area is 148 Å². The van der Waals surface area contributed by atoms with Gasteiger partial charge in [0.2, 0.25) is 0 Å². The zero-order chi connectivity index (χ0) is 16.9. The van der Waals surface area contributed by atoms with E-state index in [0.717, 1.165) is 22.1 Å². The number of rotatable bonds is 6. The van der Waals surface area contributed by atoms with Crippen LogP contribution in [-0.2, 0) is 0 Å². The van der Waals surface area contributed by atoms with Crippen LogP contribution in [0.25, 0.3) is 0 Å². The maximum absolute atomic E-state index is 6.10. The largest absolute Gasteiger partial charge is 0.489 e. The molecule has 1 aliphatic heterocycles. The van der Waals surface area contributed by atoms with Gasteiger partial charge in [-0.05, 0) is 69.3 Å². The van der Waals surface area contributed by atoms with Gasteiger partial charge < -0.3 is 16.2 Å². The van der Waals surface area contributed by atoms with E-state index in [1.807, 2.05) is 30.3 Å². The Morgan fingerprint density at radius 2 is 1.79 bits per heavy atom. The van der Waals surface area contributed by atoms with Crippen LogP contribution < -0.4 is 16.2 Å². The number of hydrogen-bond donors (Lipinski definition) is 2. The van der Waals surface area contributed by atoms with Crippen molar-refractivity contribution in [1.82, 2.24) is 4.90 Å². The minimum atomic E-state index is 0.190. The van der Waals surface area contributed by atoms with Gasteiger partial charge in [-0.15, -0.1) is 0 Å². The van der Waals surface area contributed by atoms with E-state index in [1.165, 1.54) is 25.9 Å². The van der Waals surface area contributed by atoms with Crippen molar-refractivity contribution in [1.29, 1.82) is 0 Å². The van der Waals surface area contributed by atoms with Crippen LogP contribution in [0.3, 0.4) is 0 Å². The lowest BCUT2D eigenvalue weighted by molar-refractivity contribution is 0.162. The molecule has 24 heavy (non-hydrogen) atoms. The molecule has 0 radical (unpaired) electrons. The molecule has 1 aliphatic rings. The number of benzene rings is 2. The van der Waals surface area contributed by atoms with Gasteiger partial charge in [0.25, 0.3) is 0 Å². The molecule has 1 heterocycles. The average molecular weight is 343 g/mol. The maximum atomic E-state index is 6.10. The van der Waals surface area contributed by atoms with E-state index in [9.17, 15) is 0 Å². The van der Waals surface area contributed by atoms with E-state index in [2.05, 4.69) is 24.0 Å². The number of ether oxygens (including phenoxy) is 1. The molecule has 0 saturated carbocycles. The molecule has 4 nitrogen and oxygen atoms in total. The van der Waals surface area contributed by atoms with Crippen LogP contribution in [0.1, 0.15) is 19.8 Å². The smallest absolute Gasteiger partial charge is 0.120 e. The van der Waals surface area contributed by atoms with E-state index in [-0.39, 0.29) is 6.10 Å². The van der Waals surface area contributed by atoms with Crippen molar-refractivity contribution in [3.05, 3.63) is 42.5 Å². The van der Waals surface area contributed by atoms with E-state index >= 15 is 0 Å². The zero-order valence-electron chi connectivity index (χ0n) is 14.1. The van der Waals surface area contributed by atoms with Crippen LogP contribution in [0.5, 0.6) is 5.75 Å². The fourth-order valence-electron chi connectivity index (χ4n) is 2.96. The van der Waals surface area contributed by atoms with Crippen LogP contribution in [0.4, 0.5) is 11.4 Å². The third kappa shape index (κ3) is 4.58. The molecular formula is C19H25N3OS.